The number of aliphatic hydroxyl groups excluding tert-OH is 2. The summed E-state index contributed by atoms with van der Waals surface area (Å²) in [6.07, 6.45) is 9.97. The fourth-order valence-electron chi connectivity index (χ4n) is 3.56. The molecule has 0 amide bonds. The first-order valence-corrected chi connectivity index (χ1v) is 10.3. The lowest BCUT2D eigenvalue weighted by atomic mass is 9.88. The maximum Gasteiger partial charge on any atom is 0.303 e. The molecule has 0 aromatic heterocycles. The monoisotopic (exact) mass is 403 g/mol. The number of allylic oxidation sites excluding steroid dienone is 2. The van der Waals surface area contributed by atoms with Gasteiger partial charge in [-0.3, -0.25) is 4.79 Å². The van der Waals surface area contributed by atoms with Crippen LogP contribution < -0.4 is 0 Å². The summed E-state index contributed by atoms with van der Waals surface area (Å²) in [4.78, 5) is 13.5. The van der Waals surface area contributed by atoms with Gasteiger partial charge in [-0.2, -0.15) is 0 Å². The highest BCUT2D eigenvalue weighted by atomic mass is 16.4. The van der Waals surface area contributed by atoms with Crippen molar-refractivity contribution in [2.45, 2.75) is 77.0 Å². The van der Waals surface area contributed by atoms with Crippen molar-refractivity contribution in [2.24, 2.45) is 22.9 Å². The second kappa shape index (κ2) is 13.8. The molecule has 0 aromatic carbocycles. The van der Waals surface area contributed by atoms with Crippen LogP contribution in [0.25, 0.3) is 10.4 Å². The predicted octanol–water partition coefficient (Wildman–Crippen LogP) is 4.22. The number of carbonyl (C=O) groups is 1. The van der Waals surface area contributed by atoms with Gasteiger partial charge in [0.15, 0.2) is 0 Å². The first-order valence-electron chi connectivity index (χ1n) is 10.3. The Morgan fingerprint density at radius 2 is 2.14 bits per heavy atom. The molecule has 0 heterocycles. The van der Waals surface area contributed by atoms with E-state index in [2.05, 4.69) is 21.9 Å². The lowest BCUT2D eigenvalue weighted by Crippen LogP contribution is -2.21. The highest BCUT2D eigenvalue weighted by Crippen LogP contribution is 2.38. The molecule has 0 aliphatic heterocycles. The molecule has 0 saturated heterocycles. The quantitative estimate of drug-likeness (QED) is 0.119. The largest absolute Gasteiger partial charge is 0.481 e. The van der Waals surface area contributed by atoms with Crippen LogP contribution in [0.1, 0.15) is 58.8 Å². The van der Waals surface area contributed by atoms with E-state index < -0.39 is 18.2 Å². The normalized spacial score (nSPS) is 26.1. The van der Waals surface area contributed by atoms with Gasteiger partial charge in [0, 0.05) is 36.1 Å². The van der Waals surface area contributed by atoms with Crippen LogP contribution in [0.15, 0.2) is 29.4 Å². The summed E-state index contributed by atoms with van der Waals surface area (Å²) >= 11 is 0. The summed E-state index contributed by atoms with van der Waals surface area (Å²) in [5.41, 5.74) is 8.84. The van der Waals surface area contributed by atoms with Gasteiger partial charge in [0.1, 0.15) is 0 Å². The van der Waals surface area contributed by atoms with Crippen molar-refractivity contribution >= 4 is 5.97 Å². The van der Waals surface area contributed by atoms with Crippen LogP contribution in [0.5, 0.6) is 0 Å². The molecule has 1 unspecified atom stereocenters. The Hall–Kier alpha value is -2.26. The molecule has 1 aliphatic carbocycles. The number of aliphatic hydroxyl groups is 2. The second-order valence-electron chi connectivity index (χ2n) is 7.57. The zero-order valence-electron chi connectivity index (χ0n) is 17.3. The van der Waals surface area contributed by atoms with Crippen molar-refractivity contribution in [3.05, 3.63) is 34.7 Å². The maximum atomic E-state index is 10.5. The average Bonchev–Trinajstić information content (AvgIpc) is 2.97. The Morgan fingerprint density at radius 3 is 2.79 bits per heavy atom. The molecule has 0 bridgehead atoms. The van der Waals surface area contributed by atoms with Crippen LogP contribution in [0.2, 0.25) is 0 Å². The van der Waals surface area contributed by atoms with Crippen molar-refractivity contribution in [2.75, 3.05) is 0 Å². The van der Waals surface area contributed by atoms with Gasteiger partial charge in [-0.15, -0.1) is 11.8 Å². The van der Waals surface area contributed by atoms with E-state index in [1.54, 1.807) is 6.08 Å². The first kappa shape index (κ1) is 24.8. The number of unbranched alkanes of at least 4 members (excludes halogenated alkanes) is 1. The Kier molecular flexibility index (Phi) is 11.8. The third-order valence-corrected chi connectivity index (χ3v) is 5.29. The Morgan fingerprint density at radius 1 is 1.38 bits per heavy atom. The number of carboxylic acid groups (broad SMARTS) is 1. The molecule has 7 heteroatoms. The molecule has 0 spiro atoms. The third-order valence-electron chi connectivity index (χ3n) is 5.29. The van der Waals surface area contributed by atoms with Gasteiger partial charge in [0.2, 0.25) is 0 Å². The van der Waals surface area contributed by atoms with Gasteiger partial charge in [-0.05, 0) is 43.1 Å². The fraction of sp³-hybridized carbons (Fsp3) is 0.682. The lowest BCUT2D eigenvalue weighted by Gasteiger charge is -2.21. The number of azide groups is 1. The molecule has 1 rings (SSSR count). The Bertz CT molecular complexity index is 673. The zero-order chi connectivity index (χ0) is 21.6. The van der Waals surface area contributed by atoms with Gasteiger partial charge < -0.3 is 15.3 Å². The van der Waals surface area contributed by atoms with E-state index in [0.29, 0.717) is 32.1 Å². The minimum absolute atomic E-state index is 0.00986. The lowest BCUT2D eigenvalue weighted by molar-refractivity contribution is -0.137. The SMILES string of the molecule is CCC#CCC(C)[C@H](O)C=C[C@@H]1[C@@H](CC=CCCCC(=O)O)[C@@H](N=[N+]=[N-])C[C@H]1O. The number of hydrogen-bond donors (Lipinski definition) is 3. The van der Waals surface area contributed by atoms with E-state index in [1.807, 2.05) is 32.1 Å². The molecule has 1 saturated carbocycles. The van der Waals surface area contributed by atoms with Crippen LogP contribution in [0.3, 0.4) is 0 Å². The molecule has 3 N–H and O–H groups in total. The molecular formula is C22H33N3O4. The summed E-state index contributed by atoms with van der Waals surface area (Å²) in [6.45, 7) is 3.92. The van der Waals surface area contributed by atoms with Gasteiger partial charge in [0.25, 0.3) is 0 Å². The molecule has 1 aliphatic rings. The number of rotatable bonds is 11. The topological polar surface area (TPSA) is 127 Å². The molecule has 0 radical (unpaired) electrons. The highest BCUT2D eigenvalue weighted by molar-refractivity contribution is 5.66. The smallest absolute Gasteiger partial charge is 0.303 e. The van der Waals surface area contributed by atoms with Crippen LogP contribution in [-0.2, 0) is 4.79 Å². The van der Waals surface area contributed by atoms with Gasteiger partial charge in [-0.1, -0.05) is 43.3 Å². The molecule has 160 valence electrons. The number of hydrogen-bond acceptors (Lipinski definition) is 4. The van der Waals surface area contributed by atoms with Crippen LogP contribution in [0.4, 0.5) is 0 Å². The van der Waals surface area contributed by atoms with Gasteiger partial charge in [-0.25, -0.2) is 0 Å². The fourth-order valence-corrected chi connectivity index (χ4v) is 3.56. The summed E-state index contributed by atoms with van der Waals surface area (Å²) in [5, 5.41) is 33.3. The molecule has 29 heavy (non-hydrogen) atoms. The van der Waals surface area contributed by atoms with Crippen molar-refractivity contribution in [3.8, 4) is 11.8 Å². The summed E-state index contributed by atoms with van der Waals surface area (Å²) in [5.74, 6) is 4.95. The van der Waals surface area contributed by atoms with Crippen molar-refractivity contribution in [1.29, 1.82) is 0 Å². The molecule has 0 aromatic rings. The standard InChI is InChI=1S/C22H33N3O4/c1-3-4-7-10-16(2)20(26)14-13-18-17(19(24-25-23)15-21(18)27)11-8-5-6-9-12-22(28)29/h5,8,13-14,16-21,26-27H,3,6,9-12,15H2,1-2H3,(H,28,29)/t16?,17-,18-,19+,20-,21-/m1/s1. The summed E-state index contributed by atoms with van der Waals surface area (Å²) in [6, 6.07) is -0.307. The Balaban J connectivity index is 2.73. The van der Waals surface area contributed by atoms with Gasteiger partial charge in [0.05, 0.1) is 12.2 Å². The summed E-state index contributed by atoms with van der Waals surface area (Å²) in [7, 11) is 0. The van der Waals surface area contributed by atoms with Crippen LogP contribution >= 0.6 is 0 Å². The zero-order valence-corrected chi connectivity index (χ0v) is 17.3. The van der Waals surface area contributed by atoms with E-state index in [0.717, 1.165) is 6.42 Å². The van der Waals surface area contributed by atoms with Crippen molar-refractivity contribution in [3.63, 3.8) is 0 Å². The van der Waals surface area contributed by atoms with E-state index >= 15 is 0 Å². The third kappa shape index (κ3) is 9.19. The van der Waals surface area contributed by atoms with E-state index in [9.17, 15) is 15.0 Å². The number of aliphatic carboxylic acids is 1. The molecular weight excluding hydrogens is 370 g/mol. The average molecular weight is 404 g/mol. The number of nitrogens with zero attached hydrogens (tertiary/aromatic N) is 3. The summed E-state index contributed by atoms with van der Waals surface area (Å²) < 4.78 is 0. The van der Waals surface area contributed by atoms with Crippen LogP contribution in [-0.4, -0.2) is 39.5 Å². The maximum absolute atomic E-state index is 10.5. The second-order valence-corrected chi connectivity index (χ2v) is 7.57. The predicted molar refractivity (Wildman–Crippen MR) is 113 cm³/mol. The van der Waals surface area contributed by atoms with Gasteiger partial charge >= 0.3 is 5.97 Å². The van der Waals surface area contributed by atoms with Crippen molar-refractivity contribution in [1.82, 2.24) is 0 Å². The highest BCUT2D eigenvalue weighted by Gasteiger charge is 2.40. The van der Waals surface area contributed by atoms with Crippen molar-refractivity contribution < 1.29 is 20.1 Å². The minimum atomic E-state index is -0.806. The first-order chi connectivity index (χ1) is 13.9. The Labute approximate surface area is 173 Å². The van der Waals surface area contributed by atoms with E-state index in [4.69, 9.17) is 10.6 Å². The number of carboxylic acids is 1. The van der Waals surface area contributed by atoms with E-state index in [-0.39, 0.29) is 30.2 Å². The molecule has 6 atom stereocenters. The molecule has 7 nitrogen and oxygen atoms in total. The minimum Gasteiger partial charge on any atom is -0.481 e. The van der Waals surface area contributed by atoms with E-state index in [1.165, 1.54) is 0 Å². The molecule has 1 fully saturated rings. The van der Waals surface area contributed by atoms with Crippen LogP contribution in [0, 0.1) is 29.6 Å².